The van der Waals surface area contributed by atoms with E-state index >= 15 is 0 Å². The van der Waals surface area contributed by atoms with Crippen molar-refractivity contribution in [3.05, 3.63) is 12.2 Å². The van der Waals surface area contributed by atoms with Gasteiger partial charge in [-0.2, -0.15) is 39.5 Å². The molecule has 0 radical (unpaired) electrons. The molecule has 0 unspecified atom stereocenters. The second-order valence-corrected chi connectivity index (χ2v) is 9.62. The van der Waals surface area contributed by atoms with Crippen LogP contribution < -0.4 is 0 Å². The summed E-state index contributed by atoms with van der Waals surface area (Å²) in [6, 6.07) is 0. The van der Waals surface area contributed by atoms with E-state index in [4.69, 9.17) is 4.74 Å². The molecule has 208 valence electrons. The zero-order valence-electron chi connectivity index (χ0n) is 18.6. The fraction of sp³-hybridized carbons (Fsp3) is 0.700. The van der Waals surface area contributed by atoms with Crippen molar-refractivity contribution in [1.82, 2.24) is 0 Å². The monoisotopic (exact) mass is 556 g/mol. The minimum absolute atomic E-state index is 0.320. The molecule has 4 aliphatic rings. The smallest absolute Gasteiger partial charge is 0.455 e. The summed E-state index contributed by atoms with van der Waals surface area (Å²) >= 11 is 0. The van der Waals surface area contributed by atoms with Crippen molar-refractivity contribution in [3.63, 3.8) is 0 Å². The fourth-order valence-electron chi connectivity index (χ4n) is 5.75. The van der Waals surface area contributed by atoms with Crippen LogP contribution in [0.5, 0.6) is 0 Å². The summed E-state index contributed by atoms with van der Waals surface area (Å²) in [6.07, 6.45) is -22.6. The van der Waals surface area contributed by atoms with Gasteiger partial charge in [-0.15, -0.1) is 0 Å². The molecule has 0 aliphatic heterocycles. The topological polar surface area (TPSA) is 105 Å². The Bertz CT molecular complexity index is 927. The quantitative estimate of drug-likeness (QED) is 0.218. The van der Waals surface area contributed by atoms with Gasteiger partial charge in [0.25, 0.3) is 0 Å². The Balaban J connectivity index is 2.17. The summed E-state index contributed by atoms with van der Waals surface area (Å²) in [5.41, 5.74) is -10.4. The van der Waals surface area contributed by atoms with Gasteiger partial charge in [-0.25, -0.2) is 19.2 Å². The van der Waals surface area contributed by atoms with Crippen molar-refractivity contribution in [2.75, 3.05) is 0 Å². The molecular formula is C20H17F9O8. The molecule has 0 spiro atoms. The molecule has 0 atom stereocenters. The molecule has 0 aromatic rings. The maximum Gasteiger partial charge on any atom is 0.490 e. The summed E-state index contributed by atoms with van der Waals surface area (Å²) in [7, 11) is 0. The maximum absolute atomic E-state index is 13.0. The first-order valence-electron chi connectivity index (χ1n) is 10.2. The van der Waals surface area contributed by atoms with Crippen LogP contribution in [0.15, 0.2) is 12.2 Å². The average molecular weight is 556 g/mol. The molecule has 4 aliphatic carbocycles. The first-order valence-corrected chi connectivity index (χ1v) is 10.2. The van der Waals surface area contributed by atoms with Gasteiger partial charge in [-0.05, 0) is 6.92 Å². The molecule has 17 heteroatoms. The Morgan fingerprint density at radius 3 is 0.946 bits per heavy atom. The van der Waals surface area contributed by atoms with E-state index in [1.54, 1.807) is 0 Å². The van der Waals surface area contributed by atoms with Gasteiger partial charge in [-0.3, -0.25) is 0 Å². The second-order valence-electron chi connectivity index (χ2n) is 9.62. The molecule has 0 amide bonds. The number of hydrogen-bond acceptors (Lipinski definition) is 8. The summed E-state index contributed by atoms with van der Waals surface area (Å²) in [4.78, 5) is 47.4. The van der Waals surface area contributed by atoms with E-state index in [1.165, 1.54) is 0 Å². The molecule has 0 heterocycles. The third kappa shape index (κ3) is 5.63. The number of hydrogen-bond donors (Lipinski definition) is 0. The van der Waals surface area contributed by atoms with Crippen molar-refractivity contribution in [2.45, 2.75) is 86.4 Å². The zero-order chi connectivity index (χ0) is 28.5. The van der Waals surface area contributed by atoms with Gasteiger partial charge in [0.15, 0.2) is 0 Å². The van der Waals surface area contributed by atoms with Gasteiger partial charge in [0.05, 0.1) is 0 Å². The molecule has 8 nitrogen and oxygen atoms in total. The number of alkyl halides is 9. The van der Waals surface area contributed by atoms with Crippen molar-refractivity contribution in [1.29, 1.82) is 0 Å². The normalized spacial score (nSPS) is 32.9. The standard InChI is InChI=1S/C20H17F9O8/c1-9(2)10(30)34-14-3-15(35-11(31)18(21,22)23)6-16(4-14,36-12(32)19(24,25)26)8-17(5-14,7-15)37-13(33)20(27,28)29/h1,3-8H2,2H3. The van der Waals surface area contributed by atoms with Crippen molar-refractivity contribution < 1.29 is 77.6 Å². The molecule has 37 heavy (non-hydrogen) atoms. The lowest BCUT2D eigenvalue weighted by Gasteiger charge is -2.66. The fourth-order valence-corrected chi connectivity index (χ4v) is 5.75. The van der Waals surface area contributed by atoms with Gasteiger partial charge in [-0.1, -0.05) is 6.58 Å². The largest absolute Gasteiger partial charge is 0.490 e. The molecule has 0 saturated heterocycles. The Morgan fingerprint density at radius 2 is 0.757 bits per heavy atom. The van der Waals surface area contributed by atoms with Crippen LogP contribution in [0.4, 0.5) is 39.5 Å². The van der Waals surface area contributed by atoms with Crippen LogP contribution in [0, 0.1) is 0 Å². The van der Waals surface area contributed by atoms with Crippen LogP contribution in [0.1, 0.15) is 45.4 Å². The van der Waals surface area contributed by atoms with Crippen LogP contribution in [-0.2, 0) is 38.1 Å². The summed E-state index contributed by atoms with van der Waals surface area (Å²) in [6.45, 7) is 4.38. The van der Waals surface area contributed by atoms with Crippen LogP contribution >= 0.6 is 0 Å². The van der Waals surface area contributed by atoms with E-state index in [1.807, 2.05) is 0 Å². The number of rotatable bonds is 5. The van der Waals surface area contributed by atoms with Crippen LogP contribution in [0.3, 0.4) is 0 Å². The second kappa shape index (κ2) is 8.24. The minimum Gasteiger partial charge on any atom is -0.455 e. The number of esters is 4. The van der Waals surface area contributed by atoms with E-state index in [0.29, 0.717) is 0 Å². The predicted octanol–water partition coefficient (Wildman–Crippen LogP) is 3.76. The lowest BCUT2D eigenvalue weighted by atomic mass is 9.48. The Morgan fingerprint density at radius 1 is 0.541 bits per heavy atom. The van der Waals surface area contributed by atoms with Crippen LogP contribution in [-0.4, -0.2) is 64.8 Å². The maximum atomic E-state index is 13.0. The molecular weight excluding hydrogens is 539 g/mol. The van der Waals surface area contributed by atoms with Gasteiger partial charge >= 0.3 is 42.4 Å². The number of carbonyl (C=O) groups excluding carboxylic acids is 4. The molecule has 0 N–H and O–H groups in total. The van der Waals surface area contributed by atoms with E-state index < -0.39 is 103 Å². The highest BCUT2D eigenvalue weighted by atomic mass is 19.4. The molecule has 4 fully saturated rings. The third-order valence-electron chi connectivity index (χ3n) is 6.15. The summed E-state index contributed by atoms with van der Waals surface area (Å²) < 4.78 is 136. The van der Waals surface area contributed by atoms with Gasteiger partial charge in [0.2, 0.25) is 0 Å². The average Bonchev–Trinajstić information content (AvgIpc) is 2.62. The highest BCUT2D eigenvalue weighted by Crippen LogP contribution is 2.66. The van der Waals surface area contributed by atoms with Crippen LogP contribution in [0.25, 0.3) is 0 Å². The Labute approximate surface area is 201 Å². The number of carbonyl (C=O) groups is 4. The molecule has 0 aromatic heterocycles. The van der Waals surface area contributed by atoms with E-state index in [2.05, 4.69) is 20.8 Å². The number of halogens is 9. The van der Waals surface area contributed by atoms with E-state index in [9.17, 15) is 58.7 Å². The minimum atomic E-state index is -5.66. The lowest BCUT2D eigenvalue weighted by molar-refractivity contribution is -0.324. The van der Waals surface area contributed by atoms with Crippen molar-refractivity contribution >= 4 is 23.9 Å². The predicted molar refractivity (Wildman–Crippen MR) is 96.0 cm³/mol. The lowest BCUT2D eigenvalue weighted by Crippen LogP contribution is -2.75. The molecule has 0 aromatic carbocycles. The third-order valence-corrected chi connectivity index (χ3v) is 6.15. The Kier molecular flexibility index (Phi) is 6.36. The van der Waals surface area contributed by atoms with Crippen LogP contribution in [0.2, 0.25) is 0 Å². The SMILES string of the molecule is C=C(C)C(=O)OC12CC3(OC(=O)C(F)(F)F)CC(OC(=O)C(F)(F)F)(C1)CC(OC(=O)C(F)(F)F)(C2)C3. The van der Waals surface area contributed by atoms with Gasteiger partial charge < -0.3 is 18.9 Å². The first-order chi connectivity index (χ1) is 16.5. The summed E-state index contributed by atoms with van der Waals surface area (Å²) in [5.74, 6) is -9.87. The highest BCUT2D eigenvalue weighted by molar-refractivity contribution is 5.87. The first kappa shape index (κ1) is 28.6. The van der Waals surface area contributed by atoms with E-state index in [-0.39, 0.29) is 5.57 Å². The van der Waals surface area contributed by atoms with Crippen molar-refractivity contribution in [2.24, 2.45) is 0 Å². The van der Waals surface area contributed by atoms with Crippen molar-refractivity contribution in [3.8, 4) is 0 Å². The van der Waals surface area contributed by atoms with Gasteiger partial charge in [0.1, 0.15) is 22.4 Å². The molecule has 4 rings (SSSR count). The van der Waals surface area contributed by atoms with E-state index in [0.717, 1.165) is 6.92 Å². The molecule has 4 saturated carbocycles. The highest BCUT2D eigenvalue weighted by Gasteiger charge is 2.76. The van der Waals surface area contributed by atoms with Gasteiger partial charge in [0, 0.05) is 44.1 Å². The Hall–Kier alpha value is -3.01. The molecule has 4 bridgehead atoms. The number of ether oxygens (including phenoxy) is 4. The summed E-state index contributed by atoms with van der Waals surface area (Å²) in [5, 5.41) is 0. The zero-order valence-corrected chi connectivity index (χ0v) is 18.6.